The van der Waals surface area contributed by atoms with E-state index in [2.05, 4.69) is 15.1 Å². The van der Waals surface area contributed by atoms with Gasteiger partial charge in [0, 0.05) is 18.8 Å². The van der Waals surface area contributed by atoms with Crippen molar-refractivity contribution in [1.29, 1.82) is 0 Å². The number of aryl methyl sites for hydroxylation is 1. The standard InChI is InChI=1S/C10H9ClN4O/c1-15-10(13-6-14-15)4-8(16)7-2-3-9(11)12-5-7/h2-3,5-6H,4H2,1H3. The van der Waals surface area contributed by atoms with Crippen LogP contribution in [-0.4, -0.2) is 25.5 Å². The first kappa shape index (κ1) is 10.8. The molecule has 0 radical (unpaired) electrons. The maximum absolute atomic E-state index is 11.8. The van der Waals surface area contributed by atoms with Gasteiger partial charge in [-0.05, 0) is 12.1 Å². The molecule has 6 heteroatoms. The van der Waals surface area contributed by atoms with Crippen LogP contribution in [-0.2, 0) is 13.5 Å². The number of carbonyl (C=O) groups excluding carboxylic acids is 1. The molecule has 0 unspecified atom stereocenters. The molecule has 2 aromatic heterocycles. The Kier molecular flexibility index (Phi) is 2.96. The van der Waals surface area contributed by atoms with Gasteiger partial charge in [0.05, 0.1) is 6.42 Å². The van der Waals surface area contributed by atoms with Crippen molar-refractivity contribution in [3.63, 3.8) is 0 Å². The molecular formula is C10H9ClN4O. The molecule has 0 aliphatic heterocycles. The van der Waals surface area contributed by atoms with Gasteiger partial charge in [-0.1, -0.05) is 11.6 Å². The molecule has 0 amide bonds. The number of halogens is 1. The zero-order valence-corrected chi connectivity index (χ0v) is 9.35. The molecule has 0 aliphatic carbocycles. The van der Waals surface area contributed by atoms with Gasteiger partial charge in [0.15, 0.2) is 5.78 Å². The van der Waals surface area contributed by atoms with Crippen molar-refractivity contribution in [2.45, 2.75) is 6.42 Å². The average molecular weight is 237 g/mol. The Morgan fingerprint density at radius 3 is 2.81 bits per heavy atom. The van der Waals surface area contributed by atoms with Gasteiger partial charge in [-0.3, -0.25) is 9.48 Å². The molecule has 0 atom stereocenters. The van der Waals surface area contributed by atoms with E-state index in [-0.39, 0.29) is 12.2 Å². The normalized spacial score (nSPS) is 10.4. The van der Waals surface area contributed by atoms with E-state index in [0.29, 0.717) is 16.5 Å². The Morgan fingerprint density at radius 2 is 2.25 bits per heavy atom. The molecule has 0 N–H and O–H groups in total. The molecule has 16 heavy (non-hydrogen) atoms. The first-order valence-corrected chi connectivity index (χ1v) is 5.02. The van der Waals surface area contributed by atoms with Gasteiger partial charge in [0.2, 0.25) is 0 Å². The van der Waals surface area contributed by atoms with Gasteiger partial charge < -0.3 is 0 Å². The molecule has 0 saturated heterocycles. The summed E-state index contributed by atoms with van der Waals surface area (Å²) in [7, 11) is 1.75. The average Bonchev–Trinajstić information content (AvgIpc) is 2.65. The lowest BCUT2D eigenvalue weighted by atomic mass is 10.1. The molecular weight excluding hydrogens is 228 g/mol. The maximum atomic E-state index is 11.8. The van der Waals surface area contributed by atoms with E-state index in [0.717, 1.165) is 0 Å². The van der Waals surface area contributed by atoms with E-state index in [9.17, 15) is 4.79 Å². The van der Waals surface area contributed by atoms with Crippen LogP contribution in [0.3, 0.4) is 0 Å². The van der Waals surface area contributed by atoms with E-state index in [1.54, 1.807) is 23.9 Å². The molecule has 0 fully saturated rings. The first-order valence-electron chi connectivity index (χ1n) is 4.64. The number of pyridine rings is 1. The smallest absolute Gasteiger partial charge is 0.171 e. The molecule has 2 aromatic rings. The van der Waals surface area contributed by atoms with Gasteiger partial charge in [-0.2, -0.15) is 5.10 Å². The second-order valence-electron chi connectivity index (χ2n) is 3.27. The number of rotatable bonds is 3. The van der Waals surface area contributed by atoms with E-state index in [1.807, 2.05) is 0 Å². The van der Waals surface area contributed by atoms with Crippen LogP contribution in [0.4, 0.5) is 0 Å². The summed E-state index contributed by atoms with van der Waals surface area (Å²) in [6, 6.07) is 3.24. The van der Waals surface area contributed by atoms with Crippen LogP contribution >= 0.6 is 11.6 Å². The number of hydrogen-bond donors (Lipinski definition) is 0. The highest BCUT2D eigenvalue weighted by Gasteiger charge is 2.10. The van der Waals surface area contributed by atoms with Crippen molar-refractivity contribution in [3.05, 3.63) is 41.2 Å². The summed E-state index contributed by atoms with van der Waals surface area (Å²) in [5, 5.41) is 4.26. The Morgan fingerprint density at radius 1 is 1.44 bits per heavy atom. The Hall–Kier alpha value is -1.75. The van der Waals surface area contributed by atoms with E-state index >= 15 is 0 Å². The molecule has 2 rings (SSSR count). The van der Waals surface area contributed by atoms with Crippen LogP contribution in [0.2, 0.25) is 5.15 Å². The predicted octanol–water partition coefficient (Wildman–Crippen LogP) is 1.29. The lowest BCUT2D eigenvalue weighted by Crippen LogP contribution is -2.09. The molecule has 0 bridgehead atoms. The van der Waals surface area contributed by atoms with Crippen LogP contribution < -0.4 is 0 Å². The third-order valence-corrected chi connectivity index (χ3v) is 2.40. The minimum Gasteiger partial charge on any atom is -0.294 e. The van der Waals surface area contributed by atoms with Gasteiger partial charge in [-0.15, -0.1) is 0 Å². The Labute approximate surface area is 97.1 Å². The number of ketones is 1. The summed E-state index contributed by atoms with van der Waals surface area (Å²) in [4.78, 5) is 19.6. The number of carbonyl (C=O) groups is 1. The molecule has 0 saturated carbocycles. The van der Waals surface area contributed by atoms with Crippen molar-refractivity contribution in [1.82, 2.24) is 19.7 Å². The zero-order chi connectivity index (χ0) is 11.5. The molecule has 5 nitrogen and oxygen atoms in total. The minimum atomic E-state index is -0.0553. The Balaban J connectivity index is 2.15. The molecule has 82 valence electrons. The van der Waals surface area contributed by atoms with Crippen LogP contribution in [0.25, 0.3) is 0 Å². The maximum Gasteiger partial charge on any atom is 0.171 e. The second-order valence-corrected chi connectivity index (χ2v) is 3.66. The van der Waals surface area contributed by atoms with Crippen molar-refractivity contribution >= 4 is 17.4 Å². The summed E-state index contributed by atoms with van der Waals surface area (Å²) < 4.78 is 1.57. The van der Waals surface area contributed by atoms with E-state index < -0.39 is 0 Å². The fourth-order valence-corrected chi connectivity index (χ4v) is 1.38. The lowest BCUT2D eigenvalue weighted by Gasteiger charge is -2.00. The summed E-state index contributed by atoms with van der Waals surface area (Å²) in [6.07, 6.45) is 3.09. The number of hydrogen-bond acceptors (Lipinski definition) is 4. The summed E-state index contributed by atoms with van der Waals surface area (Å²) in [5.41, 5.74) is 0.521. The van der Waals surface area contributed by atoms with Crippen molar-refractivity contribution in [2.75, 3.05) is 0 Å². The second kappa shape index (κ2) is 4.40. The van der Waals surface area contributed by atoms with Crippen molar-refractivity contribution in [3.8, 4) is 0 Å². The molecule has 0 aliphatic rings. The monoisotopic (exact) mass is 236 g/mol. The Bertz CT molecular complexity index is 506. The molecule has 0 aromatic carbocycles. The van der Waals surface area contributed by atoms with Gasteiger partial charge in [-0.25, -0.2) is 9.97 Å². The van der Waals surface area contributed by atoms with Crippen LogP contribution in [0.15, 0.2) is 24.7 Å². The first-order chi connectivity index (χ1) is 7.66. The molecule has 2 heterocycles. The highest BCUT2D eigenvalue weighted by atomic mass is 35.5. The van der Waals surface area contributed by atoms with Gasteiger partial charge >= 0.3 is 0 Å². The number of aromatic nitrogens is 4. The van der Waals surface area contributed by atoms with Crippen LogP contribution in [0.5, 0.6) is 0 Å². The van der Waals surface area contributed by atoms with Crippen molar-refractivity contribution in [2.24, 2.45) is 7.05 Å². The molecule has 0 spiro atoms. The van der Waals surface area contributed by atoms with E-state index in [1.165, 1.54) is 12.5 Å². The topological polar surface area (TPSA) is 60.7 Å². The highest BCUT2D eigenvalue weighted by molar-refractivity contribution is 6.29. The summed E-state index contributed by atoms with van der Waals surface area (Å²) in [5.74, 6) is 0.570. The number of nitrogens with zero attached hydrogens (tertiary/aromatic N) is 4. The minimum absolute atomic E-state index is 0.0553. The van der Waals surface area contributed by atoms with Crippen LogP contribution in [0, 0.1) is 0 Å². The largest absolute Gasteiger partial charge is 0.294 e. The third-order valence-electron chi connectivity index (χ3n) is 2.17. The SMILES string of the molecule is Cn1ncnc1CC(=O)c1ccc(Cl)nc1. The zero-order valence-electron chi connectivity index (χ0n) is 8.59. The van der Waals surface area contributed by atoms with Gasteiger partial charge in [0.1, 0.15) is 17.3 Å². The predicted molar refractivity (Wildman–Crippen MR) is 58.3 cm³/mol. The fourth-order valence-electron chi connectivity index (χ4n) is 1.27. The highest BCUT2D eigenvalue weighted by Crippen LogP contribution is 2.08. The van der Waals surface area contributed by atoms with E-state index in [4.69, 9.17) is 11.6 Å². The fraction of sp³-hybridized carbons (Fsp3) is 0.200. The van der Waals surface area contributed by atoms with Gasteiger partial charge in [0.25, 0.3) is 0 Å². The van der Waals surface area contributed by atoms with Crippen LogP contribution in [0.1, 0.15) is 16.2 Å². The lowest BCUT2D eigenvalue weighted by molar-refractivity contribution is 0.0989. The summed E-state index contributed by atoms with van der Waals surface area (Å²) >= 11 is 5.64. The van der Waals surface area contributed by atoms with Crippen molar-refractivity contribution < 1.29 is 4.79 Å². The number of Topliss-reactive ketones (excluding diaryl/α,β-unsaturated/α-hetero) is 1. The summed E-state index contributed by atoms with van der Waals surface area (Å²) in [6.45, 7) is 0. The quantitative estimate of drug-likeness (QED) is 0.595. The third kappa shape index (κ3) is 2.25.